The van der Waals surface area contributed by atoms with Gasteiger partial charge in [-0.2, -0.15) is 0 Å². The summed E-state index contributed by atoms with van der Waals surface area (Å²) in [6, 6.07) is 0. The van der Waals surface area contributed by atoms with E-state index in [1.807, 2.05) is 6.92 Å². The van der Waals surface area contributed by atoms with E-state index in [-0.39, 0.29) is 28.8 Å². The van der Waals surface area contributed by atoms with Crippen molar-refractivity contribution in [1.82, 2.24) is 0 Å². The zero-order valence-corrected chi connectivity index (χ0v) is 17.9. The molecular weight excluding hydrogens is 368 g/mol. The zero-order valence-electron chi connectivity index (χ0n) is 17.9. The number of hydrogen-bond acceptors (Lipinski definition) is 5. The van der Waals surface area contributed by atoms with Crippen LogP contribution in [-0.2, 0) is 19.1 Å². The molecule has 0 aromatic heterocycles. The Hall–Kier alpha value is -2.01. The lowest BCUT2D eigenvalue weighted by molar-refractivity contribution is -0.165. The molecule has 1 fully saturated rings. The summed E-state index contributed by atoms with van der Waals surface area (Å²) >= 11 is 0. The minimum atomic E-state index is -1.27. The summed E-state index contributed by atoms with van der Waals surface area (Å²) < 4.78 is 5.61. The van der Waals surface area contributed by atoms with Crippen molar-refractivity contribution in [2.24, 2.45) is 22.7 Å². The third-order valence-corrected chi connectivity index (χ3v) is 7.29. The minimum absolute atomic E-state index is 0.117. The molecule has 160 valence electrons. The Morgan fingerprint density at radius 1 is 1.34 bits per heavy atom. The molecule has 0 aliphatic heterocycles. The Bertz CT molecular complexity index is 708. The van der Waals surface area contributed by atoms with E-state index in [0.717, 1.165) is 18.3 Å². The number of ether oxygens (including phenoxy) is 1. The number of allylic oxidation sites excluding steroid dienone is 2. The molecule has 0 heterocycles. The highest BCUT2D eigenvalue weighted by molar-refractivity contribution is 5.86. The van der Waals surface area contributed by atoms with Crippen LogP contribution in [0.1, 0.15) is 59.3 Å². The fourth-order valence-corrected chi connectivity index (χ4v) is 5.26. The molecular formula is C24H34O5. The normalized spacial score (nSPS) is 36.3. The molecule has 1 saturated carbocycles. The van der Waals surface area contributed by atoms with Crippen LogP contribution in [0, 0.1) is 22.7 Å². The molecule has 0 saturated heterocycles. The van der Waals surface area contributed by atoms with Gasteiger partial charge in [0.25, 0.3) is 0 Å². The van der Waals surface area contributed by atoms with Gasteiger partial charge in [0.2, 0.25) is 0 Å². The van der Waals surface area contributed by atoms with Crippen molar-refractivity contribution in [2.75, 3.05) is 0 Å². The fourth-order valence-electron chi connectivity index (χ4n) is 5.26. The van der Waals surface area contributed by atoms with E-state index in [9.17, 15) is 19.5 Å². The van der Waals surface area contributed by atoms with Crippen molar-refractivity contribution in [3.63, 3.8) is 0 Å². The summed E-state index contributed by atoms with van der Waals surface area (Å²) in [6.45, 7) is 13.9. The first kappa shape index (κ1) is 23.3. The van der Waals surface area contributed by atoms with Crippen LogP contribution in [0.4, 0.5) is 0 Å². The van der Waals surface area contributed by atoms with E-state index < -0.39 is 17.6 Å². The summed E-state index contributed by atoms with van der Waals surface area (Å²) in [5.41, 5.74) is -0.476. The second kappa shape index (κ2) is 9.21. The molecule has 6 atom stereocenters. The molecule has 0 radical (unpaired) electrons. The fraction of sp³-hybridized carbons (Fsp3) is 0.625. The maximum absolute atomic E-state index is 12.4. The molecule has 0 aromatic carbocycles. The Balaban J connectivity index is 2.50. The minimum Gasteiger partial charge on any atom is -0.458 e. The van der Waals surface area contributed by atoms with Crippen LogP contribution in [0.15, 0.2) is 36.5 Å². The van der Waals surface area contributed by atoms with E-state index in [4.69, 9.17) is 4.74 Å². The van der Waals surface area contributed by atoms with Crippen LogP contribution in [0.5, 0.6) is 0 Å². The highest BCUT2D eigenvalue weighted by Crippen LogP contribution is 2.61. The molecule has 2 aliphatic rings. The highest BCUT2D eigenvalue weighted by Gasteiger charge is 2.62. The van der Waals surface area contributed by atoms with Crippen molar-refractivity contribution in [2.45, 2.75) is 71.5 Å². The number of esters is 1. The smallest absolute Gasteiger partial charge is 0.306 e. The van der Waals surface area contributed by atoms with Gasteiger partial charge in [-0.1, -0.05) is 45.6 Å². The van der Waals surface area contributed by atoms with E-state index in [1.54, 1.807) is 12.2 Å². The molecule has 0 unspecified atom stereocenters. The highest BCUT2D eigenvalue weighted by atomic mass is 16.5. The molecule has 0 amide bonds. The van der Waals surface area contributed by atoms with Crippen molar-refractivity contribution in [1.29, 1.82) is 0 Å². The van der Waals surface area contributed by atoms with Crippen molar-refractivity contribution in [3.05, 3.63) is 36.5 Å². The monoisotopic (exact) mass is 402 g/mol. The van der Waals surface area contributed by atoms with Crippen molar-refractivity contribution < 1.29 is 24.2 Å². The van der Waals surface area contributed by atoms with E-state index in [1.165, 1.54) is 0 Å². The standard InChI is InChI=1S/C24H34O5/c1-6-8-22(28)29-19-12-18(14-25)24(15-26)20(13-19)23(5,10-9-16(3)7-2)17(4)11-21(24)27/h7,12,14-15,17,19-21,27H,2-3,6,8-11,13H2,1,4-5H3/t17-,19+,20+,21+,23-,24+/m1/s1. The summed E-state index contributed by atoms with van der Waals surface area (Å²) in [5.74, 6) is -0.525. The third kappa shape index (κ3) is 4.16. The SMILES string of the molecule is C=CC(=C)CC[C@]1(C)[C@H](C)C[C@H](O)[C@@]2(C=O)C(C=O)=C[C@H](OC(=O)CCC)C[C@@H]12. The lowest BCUT2D eigenvalue weighted by Crippen LogP contribution is -2.60. The lowest BCUT2D eigenvalue weighted by atomic mass is 9.45. The van der Waals surface area contributed by atoms with Crippen molar-refractivity contribution >= 4 is 18.5 Å². The summed E-state index contributed by atoms with van der Waals surface area (Å²) in [7, 11) is 0. The number of aliphatic hydroxyl groups excluding tert-OH is 1. The summed E-state index contributed by atoms with van der Waals surface area (Å²) in [4.78, 5) is 36.5. The number of aliphatic hydroxyl groups is 1. The average Bonchev–Trinajstić information content (AvgIpc) is 2.70. The molecule has 5 nitrogen and oxygen atoms in total. The molecule has 0 aromatic rings. The Morgan fingerprint density at radius 2 is 2.03 bits per heavy atom. The number of fused-ring (bicyclic) bond motifs is 1. The van der Waals surface area contributed by atoms with Crippen molar-refractivity contribution in [3.8, 4) is 0 Å². The molecule has 5 heteroatoms. The van der Waals surface area contributed by atoms with E-state index >= 15 is 0 Å². The van der Waals surface area contributed by atoms with Crippen LogP contribution in [0.2, 0.25) is 0 Å². The Labute approximate surface area is 173 Å². The zero-order chi connectivity index (χ0) is 21.8. The quantitative estimate of drug-likeness (QED) is 0.359. The van der Waals surface area contributed by atoms with Crippen LogP contribution in [-0.4, -0.2) is 35.9 Å². The predicted molar refractivity (Wildman–Crippen MR) is 112 cm³/mol. The van der Waals surface area contributed by atoms with Gasteiger partial charge in [-0.05, 0) is 55.4 Å². The first-order valence-corrected chi connectivity index (χ1v) is 10.5. The van der Waals surface area contributed by atoms with E-state index in [0.29, 0.717) is 38.4 Å². The first-order valence-electron chi connectivity index (χ1n) is 10.5. The van der Waals surface area contributed by atoms with Gasteiger partial charge < -0.3 is 14.6 Å². The average molecular weight is 403 g/mol. The van der Waals surface area contributed by atoms with Gasteiger partial charge in [0, 0.05) is 12.0 Å². The van der Waals surface area contributed by atoms with Gasteiger partial charge >= 0.3 is 5.97 Å². The molecule has 0 spiro atoms. The molecule has 29 heavy (non-hydrogen) atoms. The maximum Gasteiger partial charge on any atom is 0.306 e. The summed E-state index contributed by atoms with van der Waals surface area (Å²) in [5, 5.41) is 11.0. The van der Waals surface area contributed by atoms with Gasteiger partial charge in [0.15, 0.2) is 0 Å². The number of rotatable bonds is 9. The van der Waals surface area contributed by atoms with Gasteiger partial charge in [0.1, 0.15) is 18.7 Å². The maximum atomic E-state index is 12.4. The molecule has 1 N–H and O–H groups in total. The number of carbonyl (C=O) groups excluding carboxylic acids is 3. The second-order valence-electron chi connectivity index (χ2n) is 8.88. The van der Waals surface area contributed by atoms with Crippen LogP contribution in [0.3, 0.4) is 0 Å². The van der Waals surface area contributed by atoms with Crippen LogP contribution >= 0.6 is 0 Å². The number of aldehydes is 2. The van der Waals surface area contributed by atoms with Gasteiger partial charge in [0.05, 0.1) is 11.5 Å². The summed E-state index contributed by atoms with van der Waals surface area (Å²) in [6.07, 6.45) is 6.43. The topological polar surface area (TPSA) is 80.7 Å². The number of hydrogen-bond donors (Lipinski definition) is 1. The Morgan fingerprint density at radius 3 is 2.59 bits per heavy atom. The molecule has 2 aliphatic carbocycles. The van der Waals surface area contributed by atoms with Gasteiger partial charge in [-0.15, -0.1) is 0 Å². The third-order valence-electron chi connectivity index (χ3n) is 7.29. The molecule has 0 bridgehead atoms. The van der Waals surface area contributed by atoms with Gasteiger partial charge in [-0.25, -0.2) is 0 Å². The van der Waals surface area contributed by atoms with E-state index in [2.05, 4.69) is 27.0 Å². The second-order valence-corrected chi connectivity index (χ2v) is 8.88. The van der Waals surface area contributed by atoms with Crippen LogP contribution in [0.25, 0.3) is 0 Å². The Kier molecular flexibility index (Phi) is 7.39. The largest absolute Gasteiger partial charge is 0.458 e. The molecule has 2 rings (SSSR count). The number of carbonyl (C=O) groups is 3. The predicted octanol–water partition coefficient (Wildman–Crippen LogP) is 3.96. The lowest BCUT2D eigenvalue weighted by Gasteiger charge is -2.59. The first-order chi connectivity index (χ1) is 13.7. The van der Waals surface area contributed by atoms with Crippen LogP contribution < -0.4 is 0 Å². The van der Waals surface area contributed by atoms with Gasteiger partial charge in [-0.3, -0.25) is 9.59 Å².